The zero-order valence-electron chi connectivity index (χ0n) is 27.3. The molecule has 0 unspecified atom stereocenters. The third kappa shape index (κ3) is 9.65. The van der Waals surface area contributed by atoms with E-state index in [0.29, 0.717) is 6.42 Å². The quantitative estimate of drug-likeness (QED) is 0.0583. The summed E-state index contributed by atoms with van der Waals surface area (Å²) in [7, 11) is 0. The van der Waals surface area contributed by atoms with Crippen molar-refractivity contribution in [2.24, 2.45) is 0 Å². The lowest BCUT2D eigenvalue weighted by molar-refractivity contribution is -0.474. The molecule has 312 valence electrons. The number of alkyl halides is 21. The second-order valence-corrected chi connectivity index (χ2v) is 13.1. The molecule has 0 saturated heterocycles. The van der Waals surface area contributed by atoms with Gasteiger partial charge in [-0.2, -0.15) is 92.2 Å². The van der Waals surface area contributed by atoms with Gasteiger partial charge in [-0.05, 0) is 30.7 Å². The first-order valence-corrected chi connectivity index (χ1v) is 16.6. The van der Waals surface area contributed by atoms with Crippen LogP contribution in [-0.2, 0) is 0 Å². The van der Waals surface area contributed by atoms with Crippen molar-refractivity contribution in [2.75, 3.05) is 12.4 Å². The Morgan fingerprint density at radius 1 is 0.434 bits per heavy atom. The summed E-state index contributed by atoms with van der Waals surface area (Å²) in [5.41, 5.74) is 0. The molecule has 0 fully saturated rings. The van der Waals surface area contributed by atoms with Gasteiger partial charge in [0, 0.05) is 17.1 Å². The Morgan fingerprint density at radius 2 is 0.774 bits per heavy atom. The topological polar surface area (TPSA) is 9.23 Å². The lowest BCUT2D eigenvalue weighted by Crippen LogP contribution is -2.76. The Morgan fingerprint density at radius 3 is 1.15 bits per heavy atom. The Kier molecular flexibility index (Phi) is 16.0. The van der Waals surface area contributed by atoms with E-state index in [-0.39, 0.29) is 29.0 Å². The summed E-state index contributed by atoms with van der Waals surface area (Å²) in [6, 6.07) is 4.73. The zero-order valence-corrected chi connectivity index (χ0v) is 28.1. The summed E-state index contributed by atoms with van der Waals surface area (Å²) in [6.07, 6.45) is -0.283. The molecule has 0 aromatic heterocycles. The molecule has 0 aliphatic rings. The minimum absolute atomic E-state index is 0.0857. The molecule has 0 aliphatic carbocycles. The number of rotatable bonds is 24. The molecule has 0 spiro atoms. The van der Waals surface area contributed by atoms with Crippen molar-refractivity contribution in [3.8, 4) is 5.75 Å². The van der Waals surface area contributed by atoms with Gasteiger partial charge in [0.25, 0.3) is 0 Å². The van der Waals surface area contributed by atoms with E-state index in [1.54, 1.807) is 0 Å². The lowest BCUT2D eigenvalue weighted by Gasteiger charge is -2.44. The largest absolute Gasteiger partial charge is 0.494 e. The molecule has 1 aromatic carbocycles. The van der Waals surface area contributed by atoms with Crippen LogP contribution in [0.3, 0.4) is 0 Å². The fraction of sp³-hybridized carbons (Fsp3) is 0.800. The summed E-state index contributed by atoms with van der Waals surface area (Å²) in [6.45, 7) is 2.37. The number of ether oxygens (including phenoxy) is 1. The van der Waals surface area contributed by atoms with Crippen LogP contribution in [0.25, 0.3) is 0 Å². The fourth-order valence-corrected chi connectivity index (χ4v) is 5.38. The van der Waals surface area contributed by atoms with Crippen molar-refractivity contribution in [3.63, 3.8) is 0 Å². The molecule has 1 rings (SSSR count). The van der Waals surface area contributed by atoms with Crippen molar-refractivity contribution in [1.29, 1.82) is 0 Å². The maximum atomic E-state index is 14.2. The van der Waals surface area contributed by atoms with Crippen LogP contribution in [0.4, 0.5) is 92.2 Å². The Balaban J connectivity index is 2.97. The molecule has 0 atom stereocenters. The molecule has 53 heavy (non-hydrogen) atoms. The standard InChI is InChI=1S/C30H33F21OS/c1-2-3-4-5-6-7-8-9-10-11-17-52-19-12-14-20(15-13-19)53-18-16-21(31,32)22(33,34)23(35,36)24(37,38)25(39,40)26(41,42)27(43,44)28(45,46)29(47,48)30(49,50)51/h12-15H,2-11,16-18H2,1H3. The first kappa shape index (κ1) is 48.9. The second-order valence-electron chi connectivity index (χ2n) is 11.9. The van der Waals surface area contributed by atoms with Gasteiger partial charge in [0.2, 0.25) is 0 Å². The van der Waals surface area contributed by atoms with Crippen LogP contribution in [0.15, 0.2) is 29.2 Å². The normalized spacial score (nSPS) is 14.9. The van der Waals surface area contributed by atoms with Crippen LogP contribution in [0.2, 0.25) is 0 Å². The number of benzene rings is 1. The highest BCUT2D eigenvalue weighted by Crippen LogP contribution is 2.66. The van der Waals surface area contributed by atoms with Crippen LogP contribution in [0, 0.1) is 0 Å². The number of halogens is 21. The van der Waals surface area contributed by atoms with Crippen LogP contribution in [0.5, 0.6) is 5.75 Å². The molecule has 0 saturated carbocycles. The van der Waals surface area contributed by atoms with E-state index in [0.717, 1.165) is 57.1 Å². The first-order chi connectivity index (χ1) is 23.8. The van der Waals surface area contributed by atoms with Crippen LogP contribution in [0.1, 0.15) is 77.6 Å². The van der Waals surface area contributed by atoms with Crippen LogP contribution < -0.4 is 4.74 Å². The number of hydrogen-bond acceptors (Lipinski definition) is 2. The van der Waals surface area contributed by atoms with Gasteiger partial charge >= 0.3 is 59.5 Å². The average molecular weight is 841 g/mol. The molecular formula is C30H33F21OS. The summed E-state index contributed by atoms with van der Waals surface area (Å²) in [5.74, 6) is -78.0. The molecule has 0 N–H and O–H groups in total. The smallest absolute Gasteiger partial charge is 0.460 e. The van der Waals surface area contributed by atoms with Crippen molar-refractivity contribution in [1.82, 2.24) is 0 Å². The van der Waals surface area contributed by atoms with Gasteiger partial charge < -0.3 is 4.74 Å². The number of hydrogen-bond donors (Lipinski definition) is 0. The third-order valence-electron chi connectivity index (χ3n) is 7.85. The Hall–Kier alpha value is -2.10. The van der Waals surface area contributed by atoms with E-state index < -0.39 is 71.7 Å². The molecule has 0 aliphatic heterocycles. The van der Waals surface area contributed by atoms with Gasteiger partial charge in [-0.25, -0.2) is 0 Å². The summed E-state index contributed by atoms with van der Waals surface area (Å²) >= 11 is 0.141. The summed E-state index contributed by atoms with van der Waals surface area (Å²) in [5, 5.41) is 0. The SMILES string of the molecule is CCCCCCCCCCCCOc1ccc(SCCC(F)(F)C(F)(F)C(F)(F)C(F)(F)C(F)(F)C(F)(F)C(F)(F)C(F)(F)C(F)(F)C(F)(F)F)cc1. The van der Waals surface area contributed by atoms with Gasteiger partial charge in [0.05, 0.1) is 6.61 Å². The maximum Gasteiger partial charge on any atom is 0.460 e. The van der Waals surface area contributed by atoms with Gasteiger partial charge in [0.1, 0.15) is 5.75 Å². The highest BCUT2D eigenvalue weighted by atomic mass is 32.2. The molecular weight excluding hydrogens is 807 g/mol. The molecule has 23 heteroatoms. The van der Waals surface area contributed by atoms with Crippen LogP contribution >= 0.6 is 11.8 Å². The van der Waals surface area contributed by atoms with E-state index >= 15 is 0 Å². The third-order valence-corrected chi connectivity index (χ3v) is 8.86. The van der Waals surface area contributed by atoms with E-state index in [1.165, 1.54) is 25.0 Å². The molecule has 0 radical (unpaired) electrons. The van der Waals surface area contributed by atoms with E-state index in [1.807, 2.05) is 0 Å². The number of thioether (sulfide) groups is 1. The van der Waals surface area contributed by atoms with Gasteiger partial charge in [0.15, 0.2) is 0 Å². The van der Waals surface area contributed by atoms with E-state index in [2.05, 4.69) is 6.92 Å². The van der Waals surface area contributed by atoms with Gasteiger partial charge in [-0.3, -0.25) is 0 Å². The average Bonchev–Trinajstić information content (AvgIpc) is 3.02. The minimum Gasteiger partial charge on any atom is -0.494 e. The van der Waals surface area contributed by atoms with Crippen molar-refractivity contribution >= 4 is 11.8 Å². The van der Waals surface area contributed by atoms with Crippen LogP contribution in [-0.4, -0.2) is 71.8 Å². The van der Waals surface area contributed by atoms with Gasteiger partial charge in [-0.15, -0.1) is 11.8 Å². The predicted molar refractivity (Wildman–Crippen MR) is 150 cm³/mol. The minimum atomic E-state index is -9.17. The van der Waals surface area contributed by atoms with Crippen molar-refractivity contribution in [2.45, 2.75) is 142 Å². The molecule has 0 heterocycles. The lowest BCUT2D eigenvalue weighted by atomic mass is 9.86. The van der Waals surface area contributed by atoms with Gasteiger partial charge in [-0.1, -0.05) is 64.7 Å². The Labute approximate surface area is 293 Å². The van der Waals surface area contributed by atoms with E-state index in [4.69, 9.17) is 4.74 Å². The predicted octanol–water partition coefficient (Wildman–Crippen LogP) is 13.7. The molecule has 1 nitrogen and oxygen atoms in total. The maximum absolute atomic E-state index is 14.2. The van der Waals surface area contributed by atoms with E-state index in [9.17, 15) is 92.2 Å². The monoisotopic (exact) mass is 840 g/mol. The van der Waals surface area contributed by atoms with Crippen molar-refractivity contribution < 1.29 is 96.9 Å². The molecule has 0 amide bonds. The highest BCUT2D eigenvalue weighted by molar-refractivity contribution is 7.99. The second kappa shape index (κ2) is 17.4. The van der Waals surface area contributed by atoms with Crippen molar-refractivity contribution in [3.05, 3.63) is 24.3 Å². The fourth-order valence-electron chi connectivity index (χ4n) is 4.46. The number of unbranched alkanes of at least 4 members (excludes halogenated alkanes) is 9. The molecule has 1 aromatic rings. The molecule has 0 bridgehead atoms. The summed E-state index contributed by atoms with van der Waals surface area (Å²) in [4.78, 5) is -0.0857. The first-order valence-electron chi connectivity index (χ1n) is 15.6. The Bertz CT molecular complexity index is 1260. The highest BCUT2D eigenvalue weighted by Gasteiger charge is 2.97. The zero-order chi connectivity index (χ0) is 41.6. The summed E-state index contributed by atoms with van der Waals surface area (Å²) < 4.78 is 290.